The SMILES string of the molecule is O=C(Cc1cc(C(F)(F)F)cc(C(F)(F)F)c1)N1CCOC(CCOS(=O)(=O)c2ccc([N+](=O)[O-])cc2)(c2ccc(Cl)c(Cl)c2)C1. The van der Waals surface area contributed by atoms with E-state index in [9.17, 15) is 49.7 Å². The summed E-state index contributed by atoms with van der Waals surface area (Å²) < 4.78 is 117. The monoisotopic (exact) mass is 714 g/mol. The molecule has 1 saturated heterocycles. The number of alkyl halides is 6. The normalized spacial score (nSPS) is 17.6. The van der Waals surface area contributed by atoms with Crippen molar-refractivity contribution in [3.8, 4) is 0 Å². The number of rotatable bonds is 9. The van der Waals surface area contributed by atoms with Crippen molar-refractivity contribution in [2.75, 3.05) is 26.3 Å². The molecule has 0 aromatic heterocycles. The molecule has 3 aromatic rings. The molecule has 1 amide bonds. The first kappa shape index (κ1) is 35.4. The van der Waals surface area contributed by atoms with Crippen molar-refractivity contribution in [2.45, 2.75) is 35.7 Å². The van der Waals surface area contributed by atoms with Gasteiger partial charge in [-0.3, -0.25) is 19.1 Å². The Kier molecular flexibility index (Phi) is 10.3. The van der Waals surface area contributed by atoms with E-state index in [1.165, 1.54) is 23.1 Å². The largest absolute Gasteiger partial charge is 0.416 e. The molecule has 1 unspecified atom stereocenters. The van der Waals surface area contributed by atoms with E-state index in [-0.39, 0.29) is 52.8 Å². The summed E-state index contributed by atoms with van der Waals surface area (Å²) in [6.45, 7) is -1.09. The minimum atomic E-state index is -5.10. The highest BCUT2D eigenvalue weighted by molar-refractivity contribution is 7.86. The van der Waals surface area contributed by atoms with Crippen LogP contribution in [0, 0.1) is 10.1 Å². The molecule has 1 atom stereocenters. The molecule has 1 aliphatic rings. The van der Waals surface area contributed by atoms with Crippen molar-refractivity contribution in [3.63, 3.8) is 0 Å². The van der Waals surface area contributed by atoms with Gasteiger partial charge in [0.1, 0.15) is 5.60 Å². The number of ether oxygens (including phenoxy) is 1. The van der Waals surface area contributed by atoms with Crippen LogP contribution >= 0.6 is 23.2 Å². The number of halogens is 8. The molecule has 18 heteroatoms. The smallest absolute Gasteiger partial charge is 0.366 e. The Morgan fingerprint density at radius 3 is 2.11 bits per heavy atom. The number of hydrogen-bond donors (Lipinski definition) is 0. The Hall–Kier alpha value is -3.44. The van der Waals surface area contributed by atoms with E-state index in [0.29, 0.717) is 17.7 Å². The number of nitro groups is 1. The summed E-state index contributed by atoms with van der Waals surface area (Å²) in [7, 11) is -4.42. The maximum atomic E-state index is 13.4. The molecule has 3 aromatic carbocycles. The highest BCUT2D eigenvalue weighted by Crippen LogP contribution is 2.39. The summed E-state index contributed by atoms with van der Waals surface area (Å²) in [6.07, 6.45) is -11.2. The number of amides is 1. The van der Waals surface area contributed by atoms with Gasteiger partial charge in [-0.25, -0.2) is 0 Å². The van der Waals surface area contributed by atoms with Crippen molar-refractivity contribution in [2.24, 2.45) is 0 Å². The zero-order valence-electron chi connectivity index (χ0n) is 23.2. The van der Waals surface area contributed by atoms with Crippen LogP contribution in [0.2, 0.25) is 10.0 Å². The maximum Gasteiger partial charge on any atom is 0.416 e. The zero-order valence-corrected chi connectivity index (χ0v) is 25.5. The zero-order chi connectivity index (χ0) is 34.1. The van der Waals surface area contributed by atoms with Crippen LogP contribution in [0.3, 0.4) is 0 Å². The van der Waals surface area contributed by atoms with Gasteiger partial charge in [0.2, 0.25) is 5.91 Å². The van der Waals surface area contributed by atoms with E-state index < -0.39 is 68.6 Å². The summed E-state index contributed by atoms with van der Waals surface area (Å²) in [5, 5.41) is 11.1. The van der Waals surface area contributed by atoms with Crippen molar-refractivity contribution >= 4 is 44.9 Å². The van der Waals surface area contributed by atoms with Crippen molar-refractivity contribution in [1.82, 2.24) is 4.90 Å². The lowest BCUT2D eigenvalue weighted by Gasteiger charge is -2.43. The highest BCUT2D eigenvalue weighted by atomic mass is 35.5. The lowest BCUT2D eigenvalue weighted by Crippen LogP contribution is -2.52. The molecule has 9 nitrogen and oxygen atoms in total. The van der Waals surface area contributed by atoms with Gasteiger partial charge in [0.05, 0.1) is 57.2 Å². The van der Waals surface area contributed by atoms with Crippen LogP contribution in [0.1, 0.15) is 28.7 Å². The van der Waals surface area contributed by atoms with E-state index in [1.807, 2.05) is 0 Å². The highest BCUT2D eigenvalue weighted by Gasteiger charge is 2.41. The number of morpholine rings is 1. The number of nitro benzene ring substituents is 1. The Balaban J connectivity index is 1.59. The molecular weight excluding hydrogens is 693 g/mol. The molecule has 1 aliphatic heterocycles. The van der Waals surface area contributed by atoms with Gasteiger partial charge < -0.3 is 9.64 Å². The Morgan fingerprint density at radius 2 is 1.57 bits per heavy atom. The fourth-order valence-corrected chi connectivity index (χ4v) is 5.98. The fraction of sp³-hybridized carbons (Fsp3) is 0.321. The number of carbonyl (C=O) groups is 1. The van der Waals surface area contributed by atoms with Gasteiger partial charge in [-0.15, -0.1) is 0 Å². The van der Waals surface area contributed by atoms with Crippen LogP contribution in [0.5, 0.6) is 0 Å². The van der Waals surface area contributed by atoms with Crippen molar-refractivity contribution in [1.29, 1.82) is 0 Å². The number of benzene rings is 3. The number of non-ortho nitro benzene ring substituents is 1. The second-order valence-corrected chi connectivity index (χ2v) is 12.6. The Morgan fingerprint density at radius 1 is 0.957 bits per heavy atom. The minimum absolute atomic E-state index is 0.0389. The summed E-state index contributed by atoms with van der Waals surface area (Å²) in [5.74, 6) is -0.820. The summed E-state index contributed by atoms with van der Waals surface area (Å²) >= 11 is 12.2. The molecule has 46 heavy (non-hydrogen) atoms. The summed E-state index contributed by atoms with van der Waals surface area (Å²) in [4.78, 5) is 24.3. The molecule has 1 heterocycles. The third kappa shape index (κ3) is 8.28. The first-order valence-corrected chi connectivity index (χ1v) is 15.3. The first-order valence-electron chi connectivity index (χ1n) is 13.1. The first-order chi connectivity index (χ1) is 21.3. The van der Waals surface area contributed by atoms with Gasteiger partial charge in [-0.05, 0) is 53.6 Å². The van der Waals surface area contributed by atoms with Crippen molar-refractivity contribution in [3.05, 3.63) is 103 Å². The van der Waals surface area contributed by atoms with Crippen LogP contribution < -0.4 is 0 Å². The fourth-order valence-electron chi connectivity index (χ4n) is 4.77. The molecule has 1 fully saturated rings. The topological polar surface area (TPSA) is 116 Å². The third-order valence-corrected chi connectivity index (χ3v) is 9.13. The second-order valence-electron chi connectivity index (χ2n) is 10.2. The van der Waals surface area contributed by atoms with Gasteiger partial charge in [0.15, 0.2) is 0 Å². The number of nitrogens with zero attached hydrogens (tertiary/aromatic N) is 2. The molecule has 0 radical (unpaired) electrons. The second kappa shape index (κ2) is 13.4. The van der Waals surface area contributed by atoms with Crippen LogP contribution in [-0.2, 0) is 48.2 Å². The Labute approximate surface area is 267 Å². The third-order valence-electron chi connectivity index (χ3n) is 7.07. The summed E-state index contributed by atoms with van der Waals surface area (Å²) in [5.41, 5.74) is -5.17. The average molecular weight is 715 g/mol. The van der Waals surface area contributed by atoms with Gasteiger partial charge >= 0.3 is 12.4 Å². The van der Waals surface area contributed by atoms with E-state index in [1.54, 1.807) is 0 Å². The predicted molar refractivity (Wildman–Crippen MR) is 152 cm³/mol. The molecular formula is C28H22Cl2F6N2O7S. The van der Waals surface area contributed by atoms with E-state index in [4.69, 9.17) is 32.1 Å². The Bertz CT molecular complexity index is 1710. The van der Waals surface area contributed by atoms with E-state index >= 15 is 0 Å². The van der Waals surface area contributed by atoms with E-state index in [0.717, 1.165) is 24.3 Å². The quantitative estimate of drug-likeness (QED) is 0.101. The molecule has 0 saturated carbocycles. The number of carbonyl (C=O) groups excluding carboxylic acids is 1. The van der Waals surface area contributed by atoms with Crippen molar-refractivity contribution < 1.29 is 53.4 Å². The van der Waals surface area contributed by atoms with E-state index in [2.05, 4.69) is 0 Å². The summed E-state index contributed by atoms with van der Waals surface area (Å²) in [6, 6.07) is 9.14. The lowest BCUT2D eigenvalue weighted by atomic mass is 9.88. The molecule has 0 spiro atoms. The predicted octanol–water partition coefficient (Wildman–Crippen LogP) is 7.03. The van der Waals surface area contributed by atoms with Crippen LogP contribution in [0.4, 0.5) is 32.0 Å². The standard InChI is InChI=1S/C28H22Cl2F6N2O7S/c29-23-6-1-18(15-24(23)30)26(7-9-45-46(42,43)22-4-2-21(3-5-22)38(40)41)16-37(8-10-44-26)25(39)13-17-11-19(27(31,32)33)14-20(12-17)28(34,35)36/h1-6,11-12,14-15H,7-10,13,16H2. The van der Waals surface area contributed by atoms with Crippen LogP contribution in [-0.4, -0.2) is 50.5 Å². The van der Waals surface area contributed by atoms with Gasteiger partial charge in [-0.1, -0.05) is 29.3 Å². The van der Waals surface area contributed by atoms with Gasteiger partial charge in [-0.2, -0.15) is 34.8 Å². The molecule has 0 aliphatic carbocycles. The van der Waals surface area contributed by atoms with Crippen LogP contribution in [0.15, 0.2) is 65.6 Å². The van der Waals surface area contributed by atoms with Crippen LogP contribution in [0.25, 0.3) is 0 Å². The van der Waals surface area contributed by atoms with Gasteiger partial charge in [0, 0.05) is 25.1 Å². The lowest BCUT2D eigenvalue weighted by molar-refractivity contribution is -0.384. The van der Waals surface area contributed by atoms with Gasteiger partial charge in [0.25, 0.3) is 15.8 Å². The maximum absolute atomic E-state index is 13.4. The number of hydrogen-bond acceptors (Lipinski definition) is 7. The molecule has 248 valence electrons. The molecule has 0 N–H and O–H groups in total. The molecule has 4 rings (SSSR count). The molecule has 0 bridgehead atoms. The average Bonchev–Trinajstić information content (AvgIpc) is 2.97. The minimum Gasteiger partial charge on any atom is -0.366 e.